The van der Waals surface area contributed by atoms with Crippen molar-refractivity contribution in [3.8, 4) is 0 Å². The normalized spacial score (nSPS) is 15.6. The average Bonchev–Trinajstić information content (AvgIpc) is 2.85. The van der Waals surface area contributed by atoms with Crippen molar-refractivity contribution in [3.05, 3.63) is 74.4 Å². The number of nitrogens with one attached hydrogen (secondary N) is 1. The van der Waals surface area contributed by atoms with Crippen LogP contribution < -0.4 is 10.2 Å². The summed E-state index contributed by atoms with van der Waals surface area (Å²) < 4.78 is 0. The van der Waals surface area contributed by atoms with Crippen molar-refractivity contribution < 1.29 is 9.72 Å². The molecule has 8 heteroatoms. The number of benzene rings is 2. The van der Waals surface area contributed by atoms with E-state index in [2.05, 4.69) is 5.32 Å². The number of carbonyl (C=O) groups is 1. The summed E-state index contributed by atoms with van der Waals surface area (Å²) in [6.07, 6.45) is 1.59. The van der Waals surface area contributed by atoms with Gasteiger partial charge < -0.3 is 5.32 Å². The average molecular weight is 374 g/mol. The maximum absolute atomic E-state index is 12.6. The minimum Gasteiger partial charge on any atom is -0.327 e. The number of rotatable bonds is 3. The first-order chi connectivity index (χ1) is 11.9. The van der Waals surface area contributed by atoms with E-state index in [9.17, 15) is 14.9 Å². The number of hydrogen-bond acceptors (Lipinski definition) is 4. The van der Waals surface area contributed by atoms with Gasteiger partial charge in [-0.15, -0.1) is 0 Å². The fourth-order valence-electron chi connectivity index (χ4n) is 2.35. The molecule has 2 aromatic carbocycles. The van der Waals surface area contributed by atoms with Gasteiger partial charge in [-0.1, -0.05) is 17.7 Å². The molecule has 25 heavy (non-hydrogen) atoms. The molecule has 1 heterocycles. The zero-order chi connectivity index (χ0) is 18.1. The number of nitrogens with zero attached hydrogens (tertiary/aromatic N) is 2. The van der Waals surface area contributed by atoms with E-state index in [0.717, 1.165) is 5.56 Å². The van der Waals surface area contributed by atoms with Crippen LogP contribution in [0.4, 0.5) is 11.4 Å². The summed E-state index contributed by atoms with van der Waals surface area (Å²) in [5, 5.41) is 14.3. The molecule has 1 aliphatic heterocycles. The van der Waals surface area contributed by atoms with Crippen LogP contribution in [0.15, 0.2) is 48.2 Å². The number of amides is 1. The lowest BCUT2D eigenvalue weighted by atomic mass is 10.1. The zero-order valence-corrected chi connectivity index (χ0v) is 14.6. The molecule has 6 nitrogen and oxygen atoms in total. The van der Waals surface area contributed by atoms with Crippen LogP contribution in [0.3, 0.4) is 0 Å². The van der Waals surface area contributed by atoms with Crippen molar-refractivity contribution in [1.82, 2.24) is 5.32 Å². The predicted octanol–water partition coefficient (Wildman–Crippen LogP) is 3.82. The lowest BCUT2D eigenvalue weighted by Crippen LogP contribution is -2.30. The number of nitro benzene ring substituents is 1. The summed E-state index contributed by atoms with van der Waals surface area (Å²) in [4.78, 5) is 24.2. The molecule has 1 saturated heterocycles. The van der Waals surface area contributed by atoms with Gasteiger partial charge in [0, 0.05) is 17.2 Å². The van der Waals surface area contributed by atoms with Gasteiger partial charge in [-0.05, 0) is 60.6 Å². The number of halogens is 1. The Morgan fingerprint density at radius 3 is 2.52 bits per heavy atom. The first-order valence-electron chi connectivity index (χ1n) is 7.24. The van der Waals surface area contributed by atoms with Crippen LogP contribution in [-0.4, -0.2) is 15.9 Å². The molecule has 1 aliphatic rings. The molecule has 0 saturated carbocycles. The number of carbonyl (C=O) groups excluding carboxylic acids is 1. The maximum atomic E-state index is 12.6. The molecule has 0 aromatic heterocycles. The van der Waals surface area contributed by atoms with Gasteiger partial charge in [0.1, 0.15) is 5.70 Å². The van der Waals surface area contributed by atoms with Crippen molar-refractivity contribution >= 4 is 52.3 Å². The van der Waals surface area contributed by atoms with E-state index < -0.39 is 4.92 Å². The number of aryl methyl sites for hydroxylation is 1. The van der Waals surface area contributed by atoms with Crippen LogP contribution >= 0.6 is 23.8 Å². The predicted molar refractivity (Wildman–Crippen MR) is 100 cm³/mol. The highest BCUT2D eigenvalue weighted by molar-refractivity contribution is 7.80. The topological polar surface area (TPSA) is 75.5 Å². The molecule has 1 N–H and O–H groups in total. The molecule has 0 spiro atoms. The van der Waals surface area contributed by atoms with E-state index >= 15 is 0 Å². The minimum atomic E-state index is -0.478. The molecule has 0 atom stereocenters. The monoisotopic (exact) mass is 373 g/mol. The Morgan fingerprint density at radius 1 is 1.24 bits per heavy atom. The summed E-state index contributed by atoms with van der Waals surface area (Å²) in [5.74, 6) is -0.316. The van der Waals surface area contributed by atoms with Gasteiger partial charge in [0.2, 0.25) is 0 Å². The zero-order valence-electron chi connectivity index (χ0n) is 13.0. The number of nitro groups is 1. The van der Waals surface area contributed by atoms with Crippen LogP contribution in [0.2, 0.25) is 5.02 Å². The number of hydrogen-bond donors (Lipinski definition) is 1. The number of non-ortho nitro benzene ring substituents is 1. The summed E-state index contributed by atoms with van der Waals surface area (Å²) >= 11 is 11.4. The van der Waals surface area contributed by atoms with Gasteiger partial charge in [-0.2, -0.15) is 0 Å². The molecule has 3 rings (SSSR count). The van der Waals surface area contributed by atoms with Crippen LogP contribution in [-0.2, 0) is 4.79 Å². The fourth-order valence-corrected chi connectivity index (χ4v) is 2.82. The Kier molecular flexibility index (Phi) is 4.52. The highest BCUT2D eigenvalue weighted by Crippen LogP contribution is 2.27. The largest absolute Gasteiger partial charge is 0.327 e. The molecule has 1 fully saturated rings. The summed E-state index contributed by atoms with van der Waals surface area (Å²) in [7, 11) is 0. The Labute approximate surface area is 153 Å². The smallest absolute Gasteiger partial charge is 0.281 e. The second-order valence-electron chi connectivity index (χ2n) is 5.41. The van der Waals surface area contributed by atoms with Crippen LogP contribution in [0, 0.1) is 17.0 Å². The lowest BCUT2D eigenvalue weighted by Gasteiger charge is -2.14. The van der Waals surface area contributed by atoms with Gasteiger partial charge in [-0.25, -0.2) is 0 Å². The molecule has 1 amide bonds. The van der Waals surface area contributed by atoms with E-state index in [4.69, 9.17) is 23.8 Å². The summed E-state index contributed by atoms with van der Waals surface area (Å²) in [6.45, 7) is 1.87. The van der Waals surface area contributed by atoms with Crippen molar-refractivity contribution in [3.63, 3.8) is 0 Å². The fraction of sp³-hybridized carbons (Fsp3) is 0.0588. The third-order valence-electron chi connectivity index (χ3n) is 3.71. The van der Waals surface area contributed by atoms with Crippen LogP contribution in [0.1, 0.15) is 11.1 Å². The van der Waals surface area contributed by atoms with Gasteiger partial charge in [0.15, 0.2) is 5.11 Å². The standard InChI is InChI=1S/C17H12ClN3O3S/c1-10-2-5-13(9-14(10)18)20-16(22)15(19-17(20)25)8-11-3-6-12(7-4-11)21(23)24/h2-9H,1H3,(H,19,25)/b15-8+. The maximum Gasteiger partial charge on any atom is 0.281 e. The van der Waals surface area contributed by atoms with Gasteiger partial charge in [0.05, 0.1) is 10.6 Å². The lowest BCUT2D eigenvalue weighted by molar-refractivity contribution is -0.384. The second kappa shape index (κ2) is 6.62. The van der Waals surface area contributed by atoms with Gasteiger partial charge in [-0.3, -0.25) is 19.8 Å². The Hall–Kier alpha value is -2.77. The van der Waals surface area contributed by atoms with Crippen molar-refractivity contribution in [2.45, 2.75) is 6.92 Å². The SMILES string of the molecule is Cc1ccc(N2C(=O)/C(=C\c3ccc([N+](=O)[O-])cc3)NC2=S)cc1Cl. The van der Waals surface area contributed by atoms with Crippen molar-refractivity contribution in [2.75, 3.05) is 4.90 Å². The van der Waals surface area contributed by atoms with Gasteiger partial charge in [0.25, 0.3) is 11.6 Å². The van der Waals surface area contributed by atoms with Crippen molar-refractivity contribution in [1.29, 1.82) is 0 Å². The minimum absolute atomic E-state index is 0.0145. The van der Waals surface area contributed by atoms with Crippen LogP contribution in [0.5, 0.6) is 0 Å². The molecule has 2 aromatic rings. The molecular weight excluding hydrogens is 362 g/mol. The van der Waals surface area contributed by atoms with E-state index in [1.54, 1.807) is 30.3 Å². The summed E-state index contributed by atoms with van der Waals surface area (Å²) in [6, 6.07) is 11.1. The Morgan fingerprint density at radius 2 is 1.92 bits per heavy atom. The van der Waals surface area contributed by atoms with E-state index in [1.807, 2.05) is 13.0 Å². The number of anilines is 1. The number of thiocarbonyl (C=S) groups is 1. The first kappa shape index (κ1) is 17.1. The Balaban J connectivity index is 1.90. The summed E-state index contributed by atoms with van der Waals surface area (Å²) in [5.41, 5.74) is 2.39. The van der Waals surface area contributed by atoms with Crippen LogP contribution in [0.25, 0.3) is 6.08 Å². The molecule has 0 unspecified atom stereocenters. The third kappa shape index (κ3) is 3.38. The van der Waals surface area contributed by atoms with E-state index in [1.165, 1.54) is 17.0 Å². The molecule has 126 valence electrons. The van der Waals surface area contributed by atoms with E-state index in [0.29, 0.717) is 16.3 Å². The Bertz CT molecular complexity index is 925. The first-order valence-corrected chi connectivity index (χ1v) is 8.03. The highest BCUT2D eigenvalue weighted by atomic mass is 35.5. The second-order valence-corrected chi connectivity index (χ2v) is 6.20. The molecule has 0 radical (unpaired) electrons. The highest BCUT2D eigenvalue weighted by Gasteiger charge is 2.32. The van der Waals surface area contributed by atoms with Crippen molar-refractivity contribution in [2.24, 2.45) is 0 Å². The van der Waals surface area contributed by atoms with E-state index in [-0.39, 0.29) is 22.4 Å². The quantitative estimate of drug-likeness (QED) is 0.383. The molecule has 0 aliphatic carbocycles. The molecule has 0 bridgehead atoms. The third-order valence-corrected chi connectivity index (χ3v) is 4.40. The van der Waals surface area contributed by atoms with Gasteiger partial charge >= 0.3 is 0 Å². The molecular formula is C17H12ClN3O3S.